The van der Waals surface area contributed by atoms with E-state index in [9.17, 15) is 9.59 Å². The van der Waals surface area contributed by atoms with Crippen LogP contribution in [0.15, 0.2) is 9.98 Å². The predicted molar refractivity (Wildman–Crippen MR) is 102 cm³/mol. The van der Waals surface area contributed by atoms with Crippen LogP contribution in [0.2, 0.25) is 0 Å². The van der Waals surface area contributed by atoms with Crippen LogP contribution in [0.3, 0.4) is 0 Å². The van der Waals surface area contributed by atoms with Crippen molar-refractivity contribution in [3.63, 3.8) is 0 Å². The highest BCUT2D eigenvalue weighted by atomic mass is 32.2. The maximum atomic E-state index is 9.93. The molecular formula is C14H22N2O2S4. The Labute approximate surface area is 149 Å². The molecule has 0 aromatic heterocycles. The number of rotatable bonds is 12. The van der Waals surface area contributed by atoms with E-state index in [2.05, 4.69) is 33.5 Å². The Balaban J connectivity index is 1.94. The summed E-state index contributed by atoms with van der Waals surface area (Å²) in [6.45, 7) is 1.19. The summed E-state index contributed by atoms with van der Waals surface area (Å²) in [5.41, 5.74) is 0. The molecule has 1 aliphatic rings. The normalized spacial score (nSPS) is 20.9. The summed E-state index contributed by atoms with van der Waals surface area (Å²) in [5.74, 6) is 6.67. The second-order valence-corrected chi connectivity index (χ2v) is 9.77. The SMILES string of the molecule is O=C=NCCSCCC1CSC(CCSCCN=C=O)CS1. The van der Waals surface area contributed by atoms with Gasteiger partial charge in [-0.15, -0.1) is 0 Å². The quantitative estimate of drug-likeness (QED) is 0.295. The van der Waals surface area contributed by atoms with Crippen LogP contribution in [0.1, 0.15) is 12.8 Å². The van der Waals surface area contributed by atoms with Gasteiger partial charge in [-0.05, 0) is 24.3 Å². The number of aliphatic imine (C=N–C) groups is 2. The molecule has 0 amide bonds. The van der Waals surface area contributed by atoms with Crippen molar-refractivity contribution >= 4 is 59.2 Å². The van der Waals surface area contributed by atoms with Gasteiger partial charge in [0, 0.05) is 33.5 Å². The Hall–Kier alpha value is 0.160. The van der Waals surface area contributed by atoms with Gasteiger partial charge in [0.05, 0.1) is 13.1 Å². The van der Waals surface area contributed by atoms with Crippen LogP contribution in [0.4, 0.5) is 0 Å². The highest BCUT2D eigenvalue weighted by molar-refractivity contribution is 8.07. The molecule has 0 spiro atoms. The molecule has 0 aromatic rings. The first-order valence-electron chi connectivity index (χ1n) is 7.32. The van der Waals surface area contributed by atoms with E-state index >= 15 is 0 Å². The van der Waals surface area contributed by atoms with Crippen molar-refractivity contribution in [3.8, 4) is 0 Å². The molecule has 1 aliphatic heterocycles. The Bertz CT molecular complexity index is 341. The maximum Gasteiger partial charge on any atom is 0.234 e. The lowest BCUT2D eigenvalue weighted by Gasteiger charge is -2.27. The Morgan fingerprint density at radius 1 is 0.818 bits per heavy atom. The first-order chi connectivity index (χ1) is 10.9. The molecule has 0 aromatic carbocycles. The first kappa shape index (κ1) is 20.2. The van der Waals surface area contributed by atoms with E-state index in [1.807, 2.05) is 23.5 Å². The van der Waals surface area contributed by atoms with Crippen LogP contribution in [0, 0.1) is 0 Å². The van der Waals surface area contributed by atoms with Gasteiger partial charge in [-0.1, -0.05) is 0 Å². The average molecular weight is 379 g/mol. The highest BCUT2D eigenvalue weighted by Crippen LogP contribution is 2.34. The van der Waals surface area contributed by atoms with E-state index in [4.69, 9.17) is 0 Å². The van der Waals surface area contributed by atoms with Crippen molar-refractivity contribution < 1.29 is 9.59 Å². The molecule has 124 valence electrons. The second-order valence-electron chi connectivity index (χ2n) is 4.66. The van der Waals surface area contributed by atoms with Gasteiger partial charge in [0.1, 0.15) is 0 Å². The molecule has 0 bridgehead atoms. The minimum absolute atomic E-state index is 0.596. The number of hydrogen-bond acceptors (Lipinski definition) is 8. The molecule has 1 heterocycles. The third kappa shape index (κ3) is 10.8. The average Bonchev–Trinajstić information content (AvgIpc) is 2.55. The number of carbonyl (C=O) groups excluding carboxylic acids is 2. The largest absolute Gasteiger partial charge is 0.234 e. The molecule has 2 atom stereocenters. The fourth-order valence-electron chi connectivity index (χ4n) is 1.86. The molecule has 1 saturated heterocycles. The minimum atomic E-state index is 0.596. The van der Waals surface area contributed by atoms with Crippen LogP contribution >= 0.6 is 47.0 Å². The number of nitrogens with zero attached hydrogens (tertiary/aromatic N) is 2. The van der Waals surface area contributed by atoms with Crippen LogP contribution in [-0.2, 0) is 9.59 Å². The fourth-order valence-corrected chi connectivity index (χ4v) is 7.03. The van der Waals surface area contributed by atoms with Crippen molar-refractivity contribution in [3.05, 3.63) is 0 Å². The molecule has 0 aliphatic carbocycles. The molecule has 1 fully saturated rings. The lowest BCUT2D eigenvalue weighted by molar-refractivity contribution is 0.562. The number of hydrogen-bond donors (Lipinski definition) is 0. The lowest BCUT2D eigenvalue weighted by atomic mass is 10.3. The van der Waals surface area contributed by atoms with Crippen LogP contribution in [0.5, 0.6) is 0 Å². The topological polar surface area (TPSA) is 58.9 Å². The first-order valence-corrected chi connectivity index (χ1v) is 11.7. The van der Waals surface area contributed by atoms with Crippen molar-refractivity contribution in [1.29, 1.82) is 0 Å². The predicted octanol–water partition coefficient (Wildman–Crippen LogP) is 3.12. The maximum absolute atomic E-state index is 9.93. The third-order valence-electron chi connectivity index (χ3n) is 3.03. The van der Waals surface area contributed by atoms with Crippen molar-refractivity contribution in [2.24, 2.45) is 9.98 Å². The van der Waals surface area contributed by atoms with E-state index in [0.29, 0.717) is 13.1 Å². The van der Waals surface area contributed by atoms with E-state index < -0.39 is 0 Å². The standard InChI is InChI=1S/C14H22N2O2S4/c17-11-15-3-7-19-5-1-13-9-22-14(10-21-13)2-6-20-8-4-16-12-18/h13-14H,1-10H2. The summed E-state index contributed by atoms with van der Waals surface area (Å²) < 4.78 is 0. The summed E-state index contributed by atoms with van der Waals surface area (Å²) in [7, 11) is 0. The van der Waals surface area contributed by atoms with E-state index in [-0.39, 0.29) is 0 Å². The van der Waals surface area contributed by atoms with Crippen molar-refractivity contribution in [1.82, 2.24) is 0 Å². The Morgan fingerprint density at radius 3 is 1.64 bits per heavy atom. The van der Waals surface area contributed by atoms with E-state index in [1.165, 1.54) is 24.3 Å². The van der Waals surface area contributed by atoms with Gasteiger partial charge in [-0.3, -0.25) is 0 Å². The molecule has 22 heavy (non-hydrogen) atoms. The van der Waals surface area contributed by atoms with Crippen LogP contribution < -0.4 is 0 Å². The van der Waals surface area contributed by atoms with Crippen molar-refractivity contribution in [2.45, 2.75) is 23.3 Å². The summed E-state index contributed by atoms with van der Waals surface area (Å²) in [5, 5.41) is 1.55. The smallest absolute Gasteiger partial charge is 0.211 e. The summed E-state index contributed by atoms with van der Waals surface area (Å²) in [4.78, 5) is 27.0. The molecule has 4 nitrogen and oxygen atoms in total. The highest BCUT2D eigenvalue weighted by Gasteiger charge is 2.21. The van der Waals surface area contributed by atoms with Gasteiger partial charge in [0.25, 0.3) is 0 Å². The molecule has 1 rings (SSSR count). The zero-order valence-electron chi connectivity index (χ0n) is 12.6. The van der Waals surface area contributed by atoms with E-state index in [1.54, 1.807) is 12.2 Å². The van der Waals surface area contributed by atoms with Gasteiger partial charge in [-0.2, -0.15) is 47.0 Å². The number of thioether (sulfide) groups is 4. The molecule has 8 heteroatoms. The van der Waals surface area contributed by atoms with Crippen molar-refractivity contribution in [2.75, 3.05) is 47.6 Å². The van der Waals surface area contributed by atoms with Crippen LogP contribution in [-0.4, -0.2) is 70.3 Å². The van der Waals surface area contributed by atoms with Crippen LogP contribution in [0.25, 0.3) is 0 Å². The second kappa shape index (κ2) is 14.7. The summed E-state index contributed by atoms with van der Waals surface area (Å²) in [6.07, 6.45) is 5.64. The van der Waals surface area contributed by atoms with Gasteiger partial charge < -0.3 is 0 Å². The minimum Gasteiger partial charge on any atom is -0.211 e. The monoisotopic (exact) mass is 378 g/mol. The lowest BCUT2D eigenvalue weighted by Crippen LogP contribution is -2.22. The fraction of sp³-hybridized carbons (Fsp3) is 0.857. The van der Waals surface area contributed by atoms with Gasteiger partial charge >= 0.3 is 0 Å². The van der Waals surface area contributed by atoms with Gasteiger partial charge in [0.2, 0.25) is 12.2 Å². The Kier molecular flexibility index (Phi) is 13.5. The molecular weight excluding hydrogens is 356 g/mol. The van der Waals surface area contributed by atoms with Gasteiger partial charge in [-0.25, -0.2) is 19.6 Å². The summed E-state index contributed by atoms with van der Waals surface area (Å²) >= 11 is 7.98. The van der Waals surface area contributed by atoms with E-state index in [0.717, 1.165) is 33.5 Å². The van der Waals surface area contributed by atoms with Gasteiger partial charge in [0.15, 0.2) is 0 Å². The zero-order valence-corrected chi connectivity index (χ0v) is 15.8. The Morgan fingerprint density at radius 2 is 1.27 bits per heavy atom. The summed E-state index contributed by atoms with van der Waals surface area (Å²) in [6, 6.07) is 0. The zero-order chi connectivity index (χ0) is 15.9. The molecule has 0 N–H and O–H groups in total. The third-order valence-corrected chi connectivity index (χ3v) is 8.38. The molecule has 2 unspecified atom stereocenters. The number of isocyanates is 2. The molecule has 0 saturated carbocycles. The molecule has 0 radical (unpaired) electrons.